The van der Waals surface area contributed by atoms with Crippen molar-refractivity contribution >= 4 is 15.6 Å². The van der Waals surface area contributed by atoms with Crippen molar-refractivity contribution in [3.63, 3.8) is 0 Å². The lowest BCUT2D eigenvalue weighted by Crippen LogP contribution is -2.15. The number of benzene rings is 1. The zero-order valence-corrected chi connectivity index (χ0v) is 10.6. The molecule has 0 aliphatic rings. The van der Waals surface area contributed by atoms with Crippen LogP contribution in [-0.2, 0) is 14.6 Å². The largest absolute Gasteiger partial charge is 0.299 e. The summed E-state index contributed by atoms with van der Waals surface area (Å²) in [6.07, 6.45) is 0.254. The predicted molar refractivity (Wildman–Crippen MR) is 63.3 cm³/mol. The maximum absolute atomic E-state index is 11.8. The number of carbonyl (C=O) groups is 1. The maximum atomic E-state index is 11.8. The molecule has 0 spiro atoms. The molecule has 3 nitrogen and oxygen atoms in total. The molecule has 0 atom stereocenters. The third-order valence-electron chi connectivity index (χ3n) is 2.58. The van der Waals surface area contributed by atoms with Crippen molar-refractivity contribution in [3.8, 4) is 0 Å². The quantitative estimate of drug-likeness (QED) is 0.809. The smallest absolute Gasteiger partial charge is 0.185 e. The standard InChI is InChI=1S/C12H16O3S/c1-4-11(13)8-16(14,15)12-6-5-9(2)10(3)7-12/h5-7H,4,8H2,1-3H3. The van der Waals surface area contributed by atoms with E-state index in [2.05, 4.69) is 0 Å². The van der Waals surface area contributed by atoms with Crippen LogP contribution in [-0.4, -0.2) is 20.0 Å². The molecule has 0 heterocycles. The van der Waals surface area contributed by atoms with Crippen LogP contribution in [0.25, 0.3) is 0 Å². The minimum Gasteiger partial charge on any atom is -0.299 e. The van der Waals surface area contributed by atoms with Crippen LogP contribution in [0.5, 0.6) is 0 Å². The van der Waals surface area contributed by atoms with Gasteiger partial charge in [-0.25, -0.2) is 8.42 Å². The maximum Gasteiger partial charge on any atom is 0.185 e. The number of Topliss-reactive ketones (excluding diaryl/α,β-unsaturated/α-hetero) is 1. The molecule has 0 fully saturated rings. The highest BCUT2D eigenvalue weighted by atomic mass is 32.2. The fraction of sp³-hybridized carbons (Fsp3) is 0.417. The Bertz CT molecular complexity index is 501. The van der Waals surface area contributed by atoms with Gasteiger partial charge in [0.1, 0.15) is 11.5 Å². The number of sulfone groups is 1. The summed E-state index contributed by atoms with van der Waals surface area (Å²) in [4.78, 5) is 11.4. The molecule has 0 aliphatic carbocycles. The van der Waals surface area contributed by atoms with Crippen LogP contribution < -0.4 is 0 Å². The van der Waals surface area contributed by atoms with Gasteiger partial charge < -0.3 is 0 Å². The van der Waals surface area contributed by atoms with E-state index in [4.69, 9.17) is 0 Å². The van der Waals surface area contributed by atoms with Gasteiger partial charge in [0.05, 0.1) is 4.90 Å². The third-order valence-corrected chi connectivity index (χ3v) is 4.26. The van der Waals surface area contributed by atoms with E-state index in [0.717, 1.165) is 11.1 Å². The lowest BCUT2D eigenvalue weighted by atomic mass is 10.1. The Morgan fingerprint density at radius 1 is 1.19 bits per heavy atom. The SMILES string of the molecule is CCC(=O)CS(=O)(=O)c1ccc(C)c(C)c1. The van der Waals surface area contributed by atoms with Crippen molar-refractivity contribution in [3.05, 3.63) is 29.3 Å². The lowest BCUT2D eigenvalue weighted by Gasteiger charge is -2.05. The topological polar surface area (TPSA) is 51.2 Å². The van der Waals surface area contributed by atoms with Gasteiger partial charge in [0.25, 0.3) is 0 Å². The Hall–Kier alpha value is -1.16. The van der Waals surface area contributed by atoms with Crippen molar-refractivity contribution < 1.29 is 13.2 Å². The molecular formula is C12H16O3S. The molecule has 0 unspecified atom stereocenters. The zero-order valence-electron chi connectivity index (χ0n) is 9.78. The molecule has 16 heavy (non-hydrogen) atoms. The van der Waals surface area contributed by atoms with Crippen molar-refractivity contribution in [2.24, 2.45) is 0 Å². The van der Waals surface area contributed by atoms with Gasteiger partial charge in [0.2, 0.25) is 0 Å². The summed E-state index contributed by atoms with van der Waals surface area (Å²) < 4.78 is 23.7. The highest BCUT2D eigenvalue weighted by Crippen LogP contribution is 2.16. The fourth-order valence-electron chi connectivity index (χ4n) is 1.30. The number of carbonyl (C=O) groups excluding carboxylic acids is 1. The first-order valence-electron chi connectivity index (χ1n) is 5.18. The van der Waals surface area contributed by atoms with Crippen LogP contribution in [0.3, 0.4) is 0 Å². The number of hydrogen-bond acceptors (Lipinski definition) is 3. The highest BCUT2D eigenvalue weighted by molar-refractivity contribution is 7.92. The van der Waals surface area contributed by atoms with Gasteiger partial charge >= 0.3 is 0 Å². The second-order valence-electron chi connectivity index (χ2n) is 3.90. The van der Waals surface area contributed by atoms with Gasteiger partial charge in [-0.1, -0.05) is 13.0 Å². The van der Waals surface area contributed by atoms with Crippen LogP contribution in [0.1, 0.15) is 24.5 Å². The molecule has 1 rings (SSSR count). The molecule has 88 valence electrons. The van der Waals surface area contributed by atoms with Crippen molar-refractivity contribution in [1.82, 2.24) is 0 Å². The van der Waals surface area contributed by atoms with Crippen LogP contribution in [0, 0.1) is 13.8 Å². The molecule has 0 aromatic heterocycles. The lowest BCUT2D eigenvalue weighted by molar-refractivity contribution is -0.116. The van der Waals surface area contributed by atoms with Gasteiger partial charge in [-0.2, -0.15) is 0 Å². The Morgan fingerprint density at radius 3 is 2.31 bits per heavy atom. The third kappa shape index (κ3) is 2.92. The molecule has 0 saturated heterocycles. The second kappa shape index (κ2) is 4.78. The van der Waals surface area contributed by atoms with E-state index in [9.17, 15) is 13.2 Å². The van der Waals surface area contributed by atoms with Gasteiger partial charge in [-0.15, -0.1) is 0 Å². The minimum absolute atomic E-state index is 0.234. The number of rotatable bonds is 4. The fourth-order valence-corrected chi connectivity index (χ4v) is 2.73. The molecule has 1 aromatic rings. The van der Waals surface area contributed by atoms with Crippen LogP contribution >= 0.6 is 0 Å². The summed E-state index contributed by atoms with van der Waals surface area (Å²) >= 11 is 0. The van der Waals surface area contributed by atoms with E-state index in [-0.39, 0.29) is 17.1 Å². The van der Waals surface area contributed by atoms with Gasteiger partial charge in [-0.3, -0.25) is 4.79 Å². The summed E-state index contributed by atoms with van der Waals surface area (Å²) in [5, 5.41) is 0. The molecule has 1 aromatic carbocycles. The summed E-state index contributed by atoms with van der Waals surface area (Å²) in [7, 11) is -3.46. The van der Waals surface area contributed by atoms with E-state index in [1.807, 2.05) is 13.8 Å². The molecule has 0 radical (unpaired) electrons. The first-order valence-corrected chi connectivity index (χ1v) is 6.83. The molecule has 0 bridgehead atoms. The Balaban J connectivity index is 3.08. The monoisotopic (exact) mass is 240 g/mol. The molecular weight excluding hydrogens is 224 g/mol. The molecule has 4 heteroatoms. The highest BCUT2D eigenvalue weighted by Gasteiger charge is 2.18. The van der Waals surface area contributed by atoms with Crippen LogP contribution in [0.2, 0.25) is 0 Å². The molecule has 0 saturated carbocycles. The number of aryl methyl sites for hydroxylation is 2. The minimum atomic E-state index is -3.46. The summed E-state index contributed by atoms with van der Waals surface area (Å²) in [6, 6.07) is 4.94. The second-order valence-corrected chi connectivity index (χ2v) is 5.89. The van der Waals surface area contributed by atoms with E-state index < -0.39 is 15.6 Å². The Morgan fingerprint density at radius 2 is 1.81 bits per heavy atom. The van der Waals surface area contributed by atoms with E-state index in [1.165, 1.54) is 0 Å². The van der Waals surface area contributed by atoms with Crippen LogP contribution in [0.15, 0.2) is 23.1 Å². The van der Waals surface area contributed by atoms with E-state index in [1.54, 1.807) is 25.1 Å². The van der Waals surface area contributed by atoms with Crippen LogP contribution in [0.4, 0.5) is 0 Å². The average Bonchev–Trinajstić information content (AvgIpc) is 2.21. The summed E-state index contributed by atoms with van der Waals surface area (Å²) in [5.74, 6) is -0.648. The molecule has 0 amide bonds. The van der Waals surface area contributed by atoms with Crippen molar-refractivity contribution in [2.75, 3.05) is 5.75 Å². The predicted octanol–water partition coefficient (Wildman–Crippen LogP) is 2.06. The number of hydrogen-bond donors (Lipinski definition) is 0. The molecule has 0 N–H and O–H groups in total. The van der Waals surface area contributed by atoms with Gasteiger partial charge in [0.15, 0.2) is 9.84 Å². The first-order chi connectivity index (χ1) is 7.36. The zero-order chi connectivity index (χ0) is 12.3. The van der Waals surface area contributed by atoms with E-state index >= 15 is 0 Å². The molecule has 0 aliphatic heterocycles. The van der Waals surface area contributed by atoms with Crippen molar-refractivity contribution in [2.45, 2.75) is 32.1 Å². The van der Waals surface area contributed by atoms with Gasteiger partial charge in [-0.05, 0) is 37.1 Å². The number of ketones is 1. The average molecular weight is 240 g/mol. The summed E-state index contributed by atoms with van der Waals surface area (Å²) in [5.41, 5.74) is 1.96. The van der Waals surface area contributed by atoms with Crippen molar-refractivity contribution in [1.29, 1.82) is 0 Å². The van der Waals surface area contributed by atoms with E-state index in [0.29, 0.717) is 0 Å². The first kappa shape index (κ1) is 12.9. The van der Waals surface area contributed by atoms with Gasteiger partial charge in [0, 0.05) is 6.42 Å². The summed E-state index contributed by atoms with van der Waals surface area (Å²) in [6.45, 7) is 5.44. The Labute approximate surface area is 96.4 Å². The Kier molecular flexibility index (Phi) is 3.86. The normalized spacial score (nSPS) is 11.4.